The fourth-order valence-electron chi connectivity index (χ4n) is 1.66. The Morgan fingerprint density at radius 3 is 2.90 bits per heavy atom. The van der Waals surface area contributed by atoms with E-state index in [1.54, 1.807) is 18.3 Å². The first-order valence-corrected chi connectivity index (χ1v) is 7.07. The molecule has 1 amide bonds. The molecule has 0 aliphatic rings. The van der Waals surface area contributed by atoms with Crippen molar-refractivity contribution < 1.29 is 9.53 Å². The quantitative estimate of drug-likeness (QED) is 0.927. The molecule has 2 aromatic rings. The smallest absolute Gasteiger partial charge is 0.270 e. The number of hydrogen-bond donors (Lipinski definition) is 1. The average molecular weight is 335 g/mol. The number of halogens is 1. The van der Waals surface area contributed by atoms with Crippen LogP contribution in [0.4, 0.5) is 0 Å². The molecule has 1 heterocycles. The molecule has 0 saturated carbocycles. The molecule has 5 heteroatoms. The van der Waals surface area contributed by atoms with Gasteiger partial charge < -0.3 is 10.1 Å². The minimum Gasteiger partial charge on any atom is -0.457 e. The monoisotopic (exact) mass is 334 g/mol. The van der Waals surface area contributed by atoms with Crippen LogP contribution in [0.3, 0.4) is 0 Å². The highest BCUT2D eigenvalue weighted by Crippen LogP contribution is 2.28. The van der Waals surface area contributed by atoms with Crippen LogP contribution in [0.1, 0.15) is 23.0 Å². The lowest BCUT2D eigenvalue weighted by Gasteiger charge is -2.10. The second-order valence-electron chi connectivity index (χ2n) is 4.25. The van der Waals surface area contributed by atoms with Crippen molar-refractivity contribution in [1.82, 2.24) is 10.3 Å². The second-order valence-corrected chi connectivity index (χ2v) is 5.16. The number of carbonyl (C=O) groups excluding carboxylic acids is 1. The van der Waals surface area contributed by atoms with Crippen LogP contribution in [0.2, 0.25) is 0 Å². The number of aromatic nitrogens is 1. The molecule has 2 rings (SSSR count). The molecule has 1 aromatic carbocycles. The number of ether oxygens (including phenoxy) is 1. The molecular formula is C15H15BrN2O2. The highest BCUT2D eigenvalue weighted by atomic mass is 79.9. The Hall–Kier alpha value is -1.88. The molecule has 0 aliphatic heterocycles. The third-order valence-electron chi connectivity index (χ3n) is 2.68. The first kappa shape index (κ1) is 14.5. The number of hydrogen-bond acceptors (Lipinski definition) is 3. The predicted octanol–water partition coefficient (Wildman–Crippen LogP) is 3.69. The fourth-order valence-corrected chi connectivity index (χ4v) is 2.00. The number of pyridine rings is 1. The van der Waals surface area contributed by atoms with Gasteiger partial charge in [0.1, 0.15) is 17.2 Å². The van der Waals surface area contributed by atoms with E-state index in [0.717, 1.165) is 15.8 Å². The number of benzene rings is 1. The van der Waals surface area contributed by atoms with E-state index >= 15 is 0 Å². The van der Waals surface area contributed by atoms with Crippen LogP contribution < -0.4 is 10.1 Å². The van der Waals surface area contributed by atoms with E-state index in [-0.39, 0.29) is 5.91 Å². The summed E-state index contributed by atoms with van der Waals surface area (Å²) in [6, 6.07) is 9.16. The van der Waals surface area contributed by atoms with Crippen molar-refractivity contribution in [2.75, 3.05) is 6.54 Å². The van der Waals surface area contributed by atoms with Crippen LogP contribution in [0.15, 0.2) is 41.0 Å². The molecule has 4 nitrogen and oxygen atoms in total. The Morgan fingerprint density at radius 2 is 2.15 bits per heavy atom. The lowest BCUT2D eigenvalue weighted by atomic mass is 10.2. The number of rotatable bonds is 4. The van der Waals surface area contributed by atoms with Gasteiger partial charge in [-0.2, -0.15) is 0 Å². The molecule has 0 aliphatic carbocycles. The third-order valence-corrected chi connectivity index (χ3v) is 3.17. The first-order chi connectivity index (χ1) is 9.60. The standard InChI is InChI=1S/C15H15BrN2O2/c1-3-17-15(19)13-9-12(6-7-18-13)20-14-8-11(16)5-4-10(14)2/h4-9H,3H2,1-2H3,(H,17,19). The Balaban J connectivity index is 2.23. The number of nitrogens with one attached hydrogen (secondary N) is 1. The Morgan fingerprint density at radius 1 is 1.35 bits per heavy atom. The maximum atomic E-state index is 11.7. The Kier molecular flexibility index (Phi) is 4.74. The summed E-state index contributed by atoms with van der Waals surface area (Å²) >= 11 is 3.41. The zero-order chi connectivity index (χ0) is 14.5. The molecule has 20 heavy (non-hydrogen) atoms. The van der Waals surface area contributed by atoms with Gasteiger partial charge in [-0.25, -0.2) is 0 Å². The molecular weight excluding hydrogens is 320 g/mol. The van der Waals surface area contributed by atoms with Crippen LogP contribution >= 0.6 is 15.9 Å². The molecule has 0 atom stereocenters. The van der Waals surface area contributed by atoms with Gasteiger partial charge in [-0.05, 0) is 37.6 Å². The van der Waals surface area contributed by atoms with Gasteiger partial charge in [-0.15, -0.1) is 0 Å². The van der Waals surface area contributed by atoms with Gasteiger partial charge in [0.2, 0.25) is 0 Å². The van der Waals surface area contributed by atoms with Gasteiger partial charge >= 0.3 is 0 Å². The highest BCUT2D eigenvalue weighted by molar-refractivity contribution is 9.10. The van der Waals surface area contributed by atoms with Gasteiger partial charge in [-0.3, -0.25) is 9.78 Å². The van der Waals surface area contributed by atoms with Crippen molar-refractivity contribution in [2.45, 2.75) is 13.8 Å². The van der Waals surface area contributed by atoms with Crippen molar-refractivity contribution in [2.24, 2.45) is 0 Å². The van der Waals surface area contributed by atoms with E-state index in [1.807, 2.05) is 32.0 Å². The van der Waals surface area contributed by atoms with Gasteiger partial charge in [0.05, 0.1) is 0 Å². The van der Waals surface area contributed by atoms with E-state index in [1.165, 1.54) is 0 Å². The molecule has 0 spiro atoms. The molecule has 0 radical (unpaired) electrons. The SMILES string of the molecule is CCNC(=O)c1cc(Oc2cc(Br)ccc2C)ccn1. The zero-order valence-corrected chi connectivity index (χ0v) is 12.9. The van der Waals surface area contributed by atoms with E-state index in [4.69, 9.17) is 4.74 Å². The largest absolute Gasteiger partial charge is 0.457 e. The van der Waals surface area contributed by atoms with Gasteiger partial charge in [0, 0.05) is 23.3 Å². The van der Waals surface area contributed by atoms with Crippen molar-refractivity contribution >= 4 is 21.8 Å². The van der Waals surface area contributed by atoms with Crippen LogP contribution in [0, 0.1) is 6.92 Å². The second kappa shape index (κ2) is 6.52. The lowest BCUT2D eigenvalue weighted by Crippen LogP contribution is -2.23. The molecule has 0 unspecified atom stereocenters. The van der Waals surface area contributed by atoms with Gasteiger partial charge in [0.15, 0.2) is 0 Å². The maximum Gasteiger partial charge on any atom is 0.270 e. The van der Waals surface area contributed by atoms with E-state index in [0.29, 0.717) is 18.0 Å². The summed E-state index contributed by atoms with van der Waals surface area (Å²) in [5.74, 6) is 1.12. The molecule has 0 fully saturated rings. The minimum atomic E-state index is -0.205. The zero-order valence-electron chi connectivity index (χ0n) is 11.3. The normalized spacial score (nSPS) is 10.2. The summed E-state index contributed by atoms with van der Waals surface area (Å²) in [7, 11) is 0. The Labute approximate surface area is 126 Å². The third kappa shape index (κ3) is 3.57. The fraction of sp³-hybridized carbons (Fsp3) is 0.200. The van der Waals surface area contributed by atoms with Crippen molar-refractivity contribution in [1.29, 1.82) is 0 Å². The summed E-state index contributed by atoms with van der Waals surface area (Å²) in [5, 5.41) is 2.71. The molecule has 0 saturated heterocycles. The van der Waals surface area contributed by atoms with Crippen LogP contribution in [0.5, 0.6) is 11.5 Å². The summed E-state index contributed by atoms with van der Waals surface area (Å²) in [5.41, 5.74) is 1.36. The van der Waals surface area contributed by atoms with E-state index in [9.17, 15) is 4.79 Å². The van der Waals surface area contributed by atoms with Crippen LogP contribution in [-0.2, 0) is 0 Å². The number of carbonyl (C=O) groups is 1. The van der Waals surface area contributed by atoms with E-state index < -0.39 is 0 Å². The van der Waals surface area contributed by atoms with Crippen molar-refractivity contribution in [3.63, 3.8) is 0 Å². The topological polar surface area (TPSA) is 51.2 Å². The minimum absolute atomic E-state index is 0.205. The van der Waals surface area contributed by atoms with E-state index in [2.05, 4.69) is 26.2 Å². The van der Waals surface area contributed by atoms with Gasteiger partial charge in [-0.1, -0.05) is 22.0 Å². The predicted molar refractivity (Wildman–Crippen MR) is 81.2 cm³/mol. The van der Waals surface area contributed by atoms with Crippen molar-refractivity contribution in [3.05, 3.63) is 52.3 Å². The molecule has 1 aromatic heterocycles. The summed E-state index contributed by atoms with van der Waals surface area (Å²) in [6.07, 6.45) is 1.56. The number of nitrogens with zero attached hydrogens (tertiary/aromatic N) is 1. The lowest BCUT2D eigenvalue weighted by molar-refractivity contribution is 0.0950. The summed E-state index contributed by atoms with van der Waals surface area (Å²) in [4.78, 5) is 15.8. The van der Waals surface area contributed by atoms with Gasteiger partial charge in [0.25, 0.3) is 5.91 Å². The molecule has 104 valence electrons. The average Bonchev–Trinajstić information content (AvgIpc) is 2.43. The van der Waals surface area contributed by atoms with Crippen LogP contribution in [0.25, 0.3) is 0 Å². The number of aryl methyl sites for hydroxylation is 1. The van der Waals surface area contributed by atoms with Crippen molar-refractivity contribution in [3.8, 4) is 11.5 Å². The highest BCUT2D eigenvalue weighted by Gasteiger charge is 2.08. The number of amides is 1. The first-order valence-electron chi connectivity index (χ1n) is 6.28. The molecule has 0 bridgehead atoms. The molecule has 1 N–H and O–H groups in total. The van der Waals surface area contributed by atoms with Crippen LogP contribution in [-0.4, -0.2) is 17.4 Å². The summed E-state index contributed by atoms with van der Waals surface area (Å²) < 4.78 is 6.75. The summed E-state index contributed by atoms with van der Waals surface area (Å²) in [6.45, 7) is 4.40. The maximum absolute atomic E-state index is 11.7. The Bertz CT molecular complexity index is 629.